The third kappa shape index (κ3) is 4.67. The van der Waals surface area contributed by atoms with Gasteiger partial charge in [-0.25, -0.2) is 4.39 Å². The molecule has 0 heterocycles. The molecule has 98 valence electrons. The highest BCUT2D eigenvalue weighted by atomic mass is 32.2. The summed E-state index contributed by atoms with van der Waals surface area (Å²) >= 11 is 0. The topological polar surface area (TPSA) is 63.6 Å². The van der Waals surface area contributed by atoms with Gasteiger partial charge in [-0.3, -0.25) is 4.55 Å². The van der Waals surface area contributed by atoms with Crippen molar-refractivity contribution in [2.45, 2.75) is 44.2 Å². The molecular weight excluding hydrogens is 249 g/mol. The van der Waals surface area contributed by atoms with E-state index < -0.39 is 33.6 Å². The largest absolute Gasteiger partial charge is 0.400 e. The zero-order chi connectivity index (χ0) is 13.2. The van der Waals surface area contributed by atoms with E-state index in [0.717, 1.165) is 0 Å². The molecule has 0 aliphatic carbocycles. The van der Waals surface area contributed by atoms with Crippen LogP contribution in [0.1, 0.15) is 27.2 Å². The number of ether oxygens (including phenoxy) is 1. The third-order valence-corrected chi connectivity index (χ3v) is 2.56. The Morgan fingerprint density at radius 3 is 2.06 bits per heavy atom. The summed E-state index contributed by atoms with van der Waals surface area (Å²) in [5.74, 6) is 0. The first-order valence-electron chi connectivity index (χ1n) is 4.51. The average Bonchev–Trinajstić information content (AvgIpc) is 1.99. The fourth-order valence-corrected chi connectivity index (χ4v) is 1.24. The van der Waals surface area contributed by atoms with Crippen molar-refractivity contribution >= 4 is 10.1 Å². The Morgan fingerprint density at radius 1 is 1.31 bits per heavy atom. The van der Waals surface area contributed by atoms with Gasteiger partial charge < -0.3 is 4.74 Å². The van der Waals surface area contributed by atoms with Crippen molar-refractivity contribution in [3.8, 4) is 0 Å². The minimum Gasteiger partial charge on any atom is -0.376 e. The van der Waals surface area contributed by atoms with Crippen LogP contribution in [-0.4, -0.2) is 36.6 Å². The molecule has 4 nitrogen and oxygen atoms in total. The molecule has 0 radical (unpaired) electrons. The predicted molar refractivity (Wildman–Crippen MR) is 51.7 cm³/mol. The van der Waals surface area contributed by atoms with Crippen molar-refractivity contribution in [2.75, 3.05) is 6.61 Å². The Kier molecular flexibility index (Phi) is 4.78. The van der Waals surface area contributed by atoms with Gasteiger partial charge in [0, 0.05) is 6.42 Å². The molecule has 0 saturated heterocycles. The third-order valence-electron chi connectivity index (χ3n) is 1.61. The van der Waals surface area contributed by atoms with E-state index >= 15 is 0 Å². The molecule has 0 amide bonds. The summed E-state index contributed by atoms with van der Waals surface area (Å²) in [6.07, 6.45) is -3.81. The molecule has 1 N–H and O–H groups in total. The normalized spacial score (nSPS) is 16.2. The lowest BCUT2D eigenvalue weighted by molar-refractivity contribution is -0.0468. The standard InChI is InChI=1S/C8H15F3O4S/c1-7(2,3)15-5-4-6(9)8(10,11)16(12,13)14/h6H,4-5H2,1-3H3,(H,12,13,14). The number of rotatable bonds is 5. The zero-order valence-electron chi connectivity index (χ0n) is 9.21. The van der Waals surface area contributed by atoms with E-state index in [1.54, 1.807) is 20.8 Å². The maximum Gasteiger partial charge on any atom is 0.400 e. The second-order valence-corrected chi connectivity index (χ2v) is 5.75. The van der Waals surface area contributed by atoms with Crippen molar-refractivity contribution in [2.24, 2.45) is 0 Å². The molecule has 0 aliphatic rings. The molecule has 0 aromatic heterocycles. The van der Waals surface area contributed by atoms with Gasteiger partial charge in [0.05, 0.1) is 12.2 Å². The second-order valence-electron chi connectivity index (χ2n) is 4.25. The van der Waals surface area contributed by atoms with Gasteiger partial charge >= 0.3 is 15.4 Å². The summed E-state index contributed by atoms with van der Waals surface area (Å²) in [5, 5.41) is -4.80. The van der Waals surface area contributed by atoms with E-state index in [-0.39, 0.29) is 6.61 Å². The minimum absolute atomic E-state index is 0.365. The number of hydrogen-bond donors (Lipinski definition) is 1. The molecule has 16 heavy (non-hydrogen) atoms. The molecule has 0 spiro atoms. The van der Waals surface area contributed by atoms with E-state index in [0.29, 0.717) is 0 Å². The summed E-state index contributed by atoms with van der Waals surface area (Å²) < 4.78 is 71.7. The molecule has 0 aromatic carbocycles. The van der Waals surface area contributed by atoms with Crippen LogP contribution in [0, 0.1) is 0 Å². The van der Waals surface area contributed by atoms with Gasteiger partial charge in [0.2, 0.25) is 0 Å². The molecule has 0 aromatic rings. The number of halogens is 3. The van der Waals surface area contributed by atoms with Gasteiger partial charge in [-0.05, 0) is 20.8 Å². The van der Waals surface area contributed by atoms with Crippen LogP contribution in [0.15, 0.2) is 0 Å². The van der Waals surface area contributed by atoms with E-state index in [2.05, 4.69) is 0 Å². The van der Waals surface area contributed by atoms with Crippen LogP contribution >= 0.6 is 0 Å². The minimum atomic E-state index is -5.73. The highest BCUT2D eigenvalue weighted by Gasteiger charge is 2.52. The van der Waals surface area contributed by atoms with Crippen LogP contribution in [0.4, 0.5) is 13.2 Å². The lowest BCUT2D eigenvalue weighted by atomic mass is 10.2. The number of hydrogen-bond acceptors (Lipinski definition) is 3. The Hall–Kier alpha value is -0.340. The smallest absolute Gasteiger partial charge is 0.376 e. The van der Waals surface area contributed by atoms with Gasteiger partial charge in [-0.1, -0.05) is 0 Å². The van der Waals surface area contributed by atoms with Crippen LogP contribution < -0.4 is 0 Å². The molecule has 0 fully saturated rings. The summed E-state index contributed by atoms with van der Waals surface area (Å²) in [7, 11) is -5.73. The lowest BCUT2D eigenvalue weighted by Crippen LogP contribution is -2.39. The van der Waals surface area contributed by atoms with Crippen LogP contribution in [0.5, 0.6) is 0 Å². The Morgan fingerprint density at radius 2 is 1.75 bits per heavy atom. The summed E-state index contributed by atoms with van der Waals surface area (Å²) in [6, 6.07) is 0. The molecule has 0 bridgehead atoms. The predicted octanol–water partition coefficient (Wildman–Crippen LogP) is 2.01. The van der Waals surface area contributed by atoms with E-state index in [4.69, 9.17) is 9.29 Å². The van der Waals surface area contributed by atoms with Gasteiger partial charge in [0.1, 0.15) is 0 Å². The Labute approximate surface area is 92.5 Å². The zero-order valence-corrected chi connectivity index (χ0v) is 10.0. The quantitative estimate of drug-likeness (QED) is 0.771. The SMILES string of the molecule is CC(C)(C)OCCC(F)C(F)(F)S(=O)(=O)O. The molecule has 0 aliphatic heterocycles. The van der Waals surface area contributed by atoms with Crippen LogP contribution in [0.25, 0.3) is 0 Å². The molecule has 8 heteroatoms. The highest BCUT2D eigenvalue weighted by Crippen LogP contribution is 2.29. The van der Waals surface area contributed by atoms with Gasteiger partial charge in [0.25, 0.3) is 0 Å². The molecule has 1 unspecified atom stereocenters. The van der Waals surface area contributed by atoms with Gasteiger partial charge in [-0.2, -0.15) is 17.2 Å². The average molecular weight is 264 g/mol. The first-order valence-corrected chi connectivity index (χ1v) is 5.95. The monoisotopic (exact) mass is 264 g/mol. The van der Waals surface area contributed by atoms with Gasteiger partial charge in [-0.15, -0.1) is 0 Å². The summed E-state index contributed by atoms with van der Waals surface area (Å²) in [5.41, 5.74) is -0.632. The highest BCUT2D eigenvalue weighted by molar-refractivity contribution is 7.86. The number of alkyl halides is 3. The van der Waals surface area contributed by atoms with E-state index in [1.807, 2.05) is 0 Å². The fourth-order valence-electron chi connectivity index (χ4n) is 0.798. The first-order chi connectivity index (χ1) is 6.88. The molecule has 0 saturated carbocycles. The van der Waals surface area contributed by atoms with E-state index in [1.165, 1.54) is 0 Å². The van der Waals surface area contributed by atoms with Crippen molar-refractivity contribution in [1.29, 1.82) is 0 Å². The van der Waals surface area contributed by atoms with Gasteiger partial charge in [0.15, 0.2) is 6.17 Å². The lowest BCUT2D eigenvalue weighted by Gasteiger charge is -2.22. The fraction of sp³-hybridized carbons (Fsp3) is 1.00. The van der Waals surface area contributed by atoms with Crippen LogP contribution in [0.2, 0.25) is 0 Å². The Bertz CT molecular complexity index is 321. The maximum absolute atomic E-state index is 12.9. The van der Waals surface area contributed by atoms with Crippen molar-refractivity contribution in [3.63, 3.8) is 0 Å². The maximum atomic E-state index is 12.9. The molecular formula is C8H15F3O4S. The van der Waals surface area contributed by atoms with E-state index in [9.17, 15) is 21.6 Å². The van der Waals surface area contributed by atoms with Crippen molar-refractivity contribution < 1.29 is 30.9 Å². The van der Waals surface area contributed by atoms with Crippen LogP contribution in [0.3, 0.4) is 0 Å². The Balaban J connectivity index is 4.33. The van der Waals surface area contributed by atoms with Crippen molar-refractivity contribution in [3.05, 3.63) is 0 Å². The first kappa shape index (κ1) is 15.7. The molecule has 1 atom stereocenters. The van der Waals surface area contributed by atoms with Crippen LogP contribution in [-0.2, 0) is 14.9 Å². The van der Waals surface area contributed by atoms with Crippen molar-refractivity contribution in [1.82, 2.24) is 0 Å². The molecule has 0 rings (SSSR count). The second kappa shape index (κ2) is 4.89. The summed E-state index contributed by atoms with van der Waals surface area (Å²) in [4.78, 5) is 0. The summed E-state index contributed by atoms with van der Waals surface area (Å²) in [6.45, 7) is 4.55.